The van der Waals surface area contributed by atoms with E-state index >= 15 is 0 Å². The number of anilines is 1. The van der Waals surface area contributed by atoms with Crippen molar-refractivity contribution in [3.05, 3.63) is 53.6 Å². The van der Waals surface area contributed by atoms with Crippen LogP contribution in [0.5, 0.6) is 5.75 Å². The van der Waals surface area contributed by atoms with Gasteiger partial charge in [0.15, 0.2) is 11.5 Å². The summed E-state index contributed by atoms with van der Waals surface area (Å²) in [5.41, 5.74) is 9.93. The van der Waals surface area contributed by atoms with Crippen LogP contribution in [0.4, 0.5) is 5.95 Å². The van der Waals surface area contributed by atoms with Gasteiger partial charge in [-0.2, -0.15) is 4.52 Å². The van der Waals surface area contributed by atoms with Gasteiger partial charge in [0.1, 0.15) is 11.3 Å². The third-order valence-corrected chi connectivity index (χ3v) is 4.78. The second-order valence-corrected chi connectivity index (χ2v) is 6.25. The monoisotopic (exact) mass is 332 g/mol. The van der Waals surface area contributed by atoms with Gasteiger partial charge >= 0.3 is 0 Å². The number of fused-ring (bicyclic) bond motifs is 4. The van der Waals surface area contributed by atoms with Gasteiger partial charge in [-0.1, -0.05) is 12.1 Å². The van der Waals surface area contributed by atoms with Crippen molar-refractivity contribution in [2.45, 2.75) is 18.8 Å². The van der Waals surface area contributed by atoms with Gasteiger partial charge < -0.3 is 10.5 Å². The zero-order chi connectivity index (χ0) is 17.0. The van der Waals surface area contributed by atoms with Crippen LogP contribution in [0, 0.1) is 0 Å². The third-order valence-electron chi connectivity index (χ3n) is 4.78. The maximum Gasteiger partial charge on any atom is 0.223 e. The highest BCUT2D eigenvalue weighted by Crippen LogP contribution is 2.33. The molecule has 1 aromatic carbocycles. The Balaban J connectivity index is 1.67. The van der Waals surface area contributed by atoms with Crippen LogP contribution in [0.25, 0.3) is 16.6 Å². The second-order valence-electron chi connectivity index (χ2n) is 6.25. The van der Waals surface area contributed by atoms with Crippen molar-refractivity contribution in [2.75, 3.05) is 12.8 Å². The van der Waals surface area contributed by atoms with E-state index in [9.17, 15) is 0 Å². The molecule has 5 rings (SSSR count). The predicted octanol–water partition coefficient (Wildman–Crippen LogP) is 2.15. The molecule has 124 valence electrons. The number of hydrogen-bond donors (Lipinski definition) is 1. The van der Waals surface area contributed by atoms with E-state index in [-0.39, 0.29) is 5.92 Å². The van der Waals surface area contributed by atoms with E-state index in [1.807, 2.05) is 30.5 Å². The second kappa shape index (κ2) is 5.14. The molecule has 0 bridgehead atoms. The van der Waals surface area contributed by atoms with Crippen molar-refractivity contribution in [3.63, 3.8) is 0 Å². The number of aromatic nitrogens is 5. The number of benzene rings is 1. The van der Waals surface area contributed by atoms with Crippen LogP contribution in [0.15, 0.2) is 36.5 Å². The van der Waals surface area contributed by atoms with Gasteiger partial charge in [0.05, 0.1) is 7.11 Å². The summed E-state index contributed by atoms with van der Waals surface area (Å²) in [4.78, 5) is 13.7. The Bertz CT molecular complexity index is 1090. The topological polar surface area (TPSA) is 91.2 Å². The molecule has 4 aromatic rings. The fraction of sp³-hybridized carbons (Fsp3) is 0.222. The Hall–Kier alpha value is -3.22. The zero-order valence-corrected chi connectivity index (χ0v) is 13.7. The summed E-state index contributed by atoms with van der Waals surface area (Å²) in [5, 5.41) is 5.51. The Morgan fingerprint density at radius 1 is 1.16 bits per heavy atom. The minimum Gasteiger partial charge on any atom is -0.494 e. The highest BCUT2D eigenvalue weighted by molar-refractivity contribution is 5.95. The number of nitrogen functional groups attached to an aromatic ring is 1. The summed E-state index contributed by atoms with van der Waals surface area (Å²) >= 11 is 0. The molecule has 0 radical (unpaired) electrons. The van der Waals surface area contributed by atoms with Gasteiger partial charge in [0.25, 0.3) is 0 Å². The van der Waals surface area contributed by atoms with E-state index < -0.39 is 0 Å². The van der Waals surface area contributed by atoms with Gasteiger partial charge in [-0.25, -0.2) is 9.97 Å². The Labute approximate surface area is 143 Å². The van der Waals surface area contributed by atoms with Crippen LogP contribution < -0.4 is 10.5 Å². The van der Waals surface area contributed by atoms with Crippen molar-refractivity contribution in [1.82, 2.24) is 24.6 Å². The minimum absolute atomic E-state index is 0.213. The van der Waals surface area contributed by atoms with Crippen LogP contribution in [0.1, 0.15) is 23.0 Å². The van der Waals surface area contributed by atoms with Crippen molar-refractivity contribution < 1.29 is 4.74 Å². The van der Waals surface area contributed by atoms with E-state index in [1.54, 1.807) is 11.6 Å². The van der Waals surface area contributed by atoms with Crippen molar-refractivity contribution in [3.8, 4) is 5.75 Å². The maximum atomic E-state index is 6.12. The number of nitrogens with two attached hydrogens (primary N) is 1. The Kier molecular flexibility index (Phi) is 2.91. The molecule has 0 amide bonds. The summed E-state index contributed by atoms with van der Waals surface area (Å²) in [5.74, 6) is 1.97. The first-order valence-corrected chi connectivity index (χ1v) is 8.16. The van der Waals surface area contributed by atoms with Gasteiger partial charge in [-0.05, 0) is 30.2 Å². The SMILES string of the molecule is COc1cccc2c1nc(N)n1nc(C3Cc4cccnc4C3)nc21. The molecule has 7 nitrogen and oxygen atoms in total. The molecule has 3 heterocycles. The van der Waals surface area contributed by atoms with Crippen molar-refractivity contribution in [1.29, 1.82) is 0 Å². The lowest BCUT2D eigenvalue weighted by Crippen LogP contribution is -2.04. The molecule has 0 spiro atoms. The molecule has 3 aromatic heterocycles. The number of rotatable bonds is 2. The quantitative estimate of drug-likeness (QED) is 0.605. The van der Waals surface area contributed by atoms with Crippen molar-refractivity contribution >= 4 is 22.5 Å². The lowest BCUT2D eigenvalue weighted by molar-refractivity contribution is 0.419. The first kappa shape index (κ1) is 14.2. The standard InChI is InChI=1S/C18H16N6O/c1-25-14-6-2-5-12-15(14)21-18(19)24-17(12)22-16(23-24)11-8-10-4-3-7-20-13(10)9-11/h2-7,11H,8-9H2,1H3,(H2,19,21). The van der Waals surface area contributed by atoms with E-state index in [2.05, 4.69) is 21.1 Å². The van der Waals surface area contributed by atoms with Crippen LogP contribution in [0.3, 0.4) is 0 Å². The van der Waals surface area contributed by atoms with Crippen molar-refractivity contribution in [2.24, 2.45) is 0 Å². The number of pyridine rings is 1. The Morgan fingerprint density at radius 2 is 2.08 bits per heavy atom. The molecule has 2 N–H and O–H groups in total. The summed E-state index contributed by atoms with van der Waals surface area (Å²) in [7, 11) is 1.62. The lowest BCUT2D eigenvalue weighted by atomic mass is 10.1. The molecular formula is C18H16N6O. The summed E-state index contributed by atoms with van der Waals surface area (Å²) in [6, 6.07) is 9.84. The van der Waals surface area contributed by atoms with Crippen LogP contribution in [-0.2, 0) is 12.8 Å². The Morgan fingerprint density at radius 3 is 2.92 bits per heavy atom. The molecule has 1 aliphatic carbocycles. The highest BCUT2D eigenvalue weighted by Gasteiger charge is 2.28. The van der Waals surface area contributed by atoms with E-state index in [4.69, 9.17) is 15.5 Å². The number of para-hydroxylation sites is 1. The zero-order valence-electron chi connectivity index (χ0n) is 13.7. The third kappa shape index (κ3) is 2.05. The fourth-order valence-electron chi connectivity index (χ4n) is 3.57. The lowest BCUT2D eigenvalue weighted by Gasteiger charge is -2.06. The largest absolute Gasteiger partial charge is 0.494 e. The molecule has 0 saturated carbocycles. The number of methoxy groups -OCH3 is 1. The molecule has 1 atom stereocenters. The van der Waals surface area contributed by atoms with Crippen LogP contribution in [0.2, 0.25) is 0 Å². The van der Waals surface area contributed by atoms with Gasteiger partial charge in [-0.15, -0.1) is 5.10 Å². The fourth-order valence-corrected chi connectivity index (χ4v) is 3.57. The van der Waals surface area contributed by atoms with Gasteiger partial charge in [0, 0.05) is 29.6 Å². The molecule has 0 aliphatic heterocycles. The van der Waals surface area contributed by atoms with E-state index in [0.717, 1.165) is 29.7 Å². The molecule has 1 aliphatic rings. The summed E-state index contributed by atoms with van der Waals surface area (Å²) in [6.45, 7) is 0. The first-order chi connectivity index (χ1) is 12.2. The first-order valence-electron chi connectivity index (χ1n) is 8.16. The summed E-state index contributed by atoms with van der Waals surface area (Å²) < 4.78 is 7.02. The number of hydrogen-bond acceptors (Lipinski definition) is 6. The molecule has 25 heavy (non-hydrogen) atoms. The molecular weight excluding hydrogens is 316 g/mol. The maximum absolute atomic E-state index is 6.12. The minimum atomic E-state index is 0.213. The van der Waals surface area contributed by atoms with Crippen LogP contribution >= 0.6 is 0 Å². The van der Waals surface area contributed by atoms with Crippen LogP contribution in [-0.4, -0.2) is 31.7 Å². The molecule has 0 fully saturated rings. The average molecular weight is 332 g/mol. The highest BCUT2D eigenvalue weighted by atomic mass is 16.5. The molecule has 0 saturated heterocycles. The van der Waals surface area contributed by atoms with E-state index in [1.165, 1.54) is 5.56 Å². The average Bonchev–Trinajstić information content (AvgIpc) is 3.26. The molecule has 7 heteroatoms. The summed E-state index contributed by atoms with van der Waals surface area (Å²) in [6.07, 6.45) is 3.58. The predicted molar refractivity (Wildman–Crippen MR) is 93.6 cm³/mol. The normalized spacial score (nSPS) is 16.4. The number of nitrogens with zero attached hydrogens (tertiary/aromatic N) is 5. The van der Waals surface area contributed by atoms with Gasteiger partial charge in [-0.3, -0.25) is 4.98 Å². The van der Waals surface area contributed by atoms with E-state index in [0.29, 0.717) is 22.9 Å². The number of ether oxygens (including phenoxy) is 1. The molecule has 1 unspecified atom stereocenters. The smallest absolute Gasteiger partial charge is 0.223 e. The van der Waals surface area contributed by atoms with Gasteiger partial charge in [0.2, 0.25) is 5.95 Å².